The fraction of sp³-hybridized carbons (Fsp3) is 0.320. The minimum absolute atomic E-state index is 0.0700. The molecular weight excluding hydrogens is 500 g/mol. The van der Waals surface area contributed by atoms with Crippen LogP contribution in [0.4, 0.5) is 14.6 Å². The van der Waals surface area contributed by atoms with Crippen molar-refractivity contribution >= 4 is 39.7 Å². The van der Waals surface area contributed by atoms with Gasteiger partial charge in [-0.25, -0.2) is 23.7 Å². The molecule has 5 N–H and O–H groups in total. The molecule has 1 aliphatic heterocycles. The summed E-state index contributed by atoms with van der Waals surface area (Å²) in [5.41, 5.74) is 11.1. The van der Waals surface area contributed by atoms with Crippen molar-refractivity contribution in [3.63, 3.8) is 0 Å². The highest BCUT2D eigenvalue weighted by Crippen LogP contribution is 2.68. The number of nitrogens with zero attached hydrogens (tertiary/aromatic N) is 4. The Labute approximate surface area is 216 Å². The van der Waals surface area contributed by atoms with Crippen LogP contribution in [0.5, 0.6) is 5.75 Å². The Morgan fingerprint density at radius 1 is 1.41 bits per heavy atom. The molecule has 0 bridgehead atoms. The standard InChI is InChI=1S/C25H25F2N7O2S/c1-6-7-36-15-9-17-19(30-10-15)21(32-11-31-17)33-12(2)8-16(26)18(27)13(3)24(5)20-14(4)25(20,22(28)35)37-23(29)34-24/h1,8-11,14,20H,3,7H2,2,4-5H3,(H2,28,35)(H2,29,34)(H,31,32,33)/b12-8+,18-16-/t14-,20-,24+,25-/m0/s1. The first kappa shape index (κ1) is 26.1. The van der Waals surface area contributed by atoms with Crippen LogP contribution in [0.3, 0.4) is 0 Å². The molecule has 9 nitrogen and oxygen atoms in total. The summed E-state index contributed by atoms with van der Waals surface area (Å²) >= 11 is 1.06. The van der Waals surface area contributed by atoms with Crippen molar-refractivity contribution < 1.29 is 18.3 Å². The highest BCUT2D eigenvalue weighted by Gasteiger charge is 2.75. The average Bonchev–Trinajstić information content (AvgIpc) is 3.47. The Balaban J connectivity index is 1.59. The van der Waals surface area contributed by atoms with E-state index in [1.165, 1.54) is 19.4 Å². The minimum Gasteiger partial charge on any atom is -0.479 e. The second kappa shape index (κ2) is 9.48. The van der Waals surface area contributed by atoms with Crippen LogP contribution in [-0.2, 0) is 4.79 Å². The van der Waals surface area contributed by atoms with Gasteiger partial charge in [0.15, 0.2) is 22.6 Å². The zero-order valence-electron chi connectivity index (χ0n) is 20.4. The summed E-state index contributed by atoms with van der Waals surface area (Å²) in [6, 6.07) is 1.64. The van der Waals surface area contributed by atoms with Gasteiger partial charge >= 0.3 is 0 Å². The molecule has 2 aromatic heterocycles. The van der Waals surface area contributed by atoms with Gasteiger partial charge in [0.25, 0.3) is 0 Å². The molecular formula is C25H25F2N7O2S. The van der Waals surface area contributed by atoms with E-state index in [9.17, 15) is 4.79 Å². The Morgan fingerprint density at radius 3 is 2.81 bits per heavy atom. The average molecular weight is 526 g/mol. The number of primary amides is 1. The lowest BCUT2D eigenvalue weighted by Crippen LogP contribution is -2.44. The third kappa shape index (κ3) is 4.40. The van der Waals surface area contributed by atoms with E-state index in [0.29, 0.717) is 16.8 Å². The van der Waals surface area contributed by atoms with Crippen LogP contribution in [0.1, 0.15) is 20.8 Å². The van der Waals surface area contributed by atoms with Crippen molar-refractivity contribution in [2.75, 3.05) is 11.9 Å². The first-order valence-electron chi connectivity index (χ1n) is 11.2. The van der Waals surface area contributed by atoms with Crippen molar-refractivity contribution in [2.45, 2.75) is 31.1 Å². The molecule has 0 saturated heterocycles. The molecule has 1 fully saturated rings. The highest BCUT2D eigenvalue weighted by molar-refractivity contribution is 8.15. The molecule has 192 valence electrons. The molecule has 2 aromatic rings. The number of halogens is 2. The number of hydrogen-bond donors (Lipinski definition) is 3. The van der Waals surface area contributed by atoms with Crippen molar-refractivity contribution in [1.29, 1.82) is 0 Å². The quantitative estimate of drug-likeness (QED) is 0.352. The minimum atomic E-state index is -1.34. The fourth-order valence-corrected chi connectivity index (χ4v) is 6.33. The number of carbonyl (C=O) groups excluding carboxylic acids is 1. The Bertz CT molecular complexity index is 1450. The van der Waals surface area contributed by atoms with Gasteiger partial charge in [-0.3, -0.25) is 9.79 Å². The summed E-state index contributed by atoms with van der Waals surface area (Å²) in [4.78, 5) is 29.1. The van der Waals surface area contributed by atoms with Gasteiger partial charge < -0.3 is 21.5 Å². The molecule has 4 atom stereocenters. The van der Waals surface area contributed by atoms with E-state index in [2.05, 4.69) is 37.8 Å². The zero-order chi connectivity index (χ0) is 27.1. The molecule has 1 amide bonds. The molecule has 2 aliphatic rings. The number of anilines is 1. The second-order valence-corrected chi connectivity index (χ2v) is 10.3. The fourth-order valence-electron chi connectivity index (χ4n) is 4.83. The molecule has 1 aliphatic carbocycles. The van der Waals surface area contributed by atoms with E-state index in [0.717, 1.165) is 17.8 Å². The number of ether oxygens (including phenoxy) is 1. The summed E-state index contributed by atoms with van der Waals surface area (Å²) in [5.74, 6) is -0.605. The number of allylic oxidation sites excluding steroid dienone is 3. The summed E-state index contributed by atoms with van der Waals surface area (Å²) in [5, 5.41) is 2.98. The van der Waals surface area contributed by atoms with Crippen LogP contribution in [0.15, 0.2) is 59.2 Å². The third-order valence-electron chi connectivity index (χ3n) is 6.65. The second-order valence-electron chi connectivity index (χ2n) is 8.97. The number of pyridine rings is 1. The lowest BCUT2D eigenvalue weighted by atomic mass is 9.85. The highest BCUT2D eigenvalue weighted by atomic mass is 32.2. The van der Waals surface area contributed by atoms with Crippen LogP contribution in [0.2, 0.25) is 0 Å². The number of rotatable bonds is 8. The topological polar surface area (TPSA) is 141 Å². The normalized spacial score (nSPS) is 27.4. The zero-order valence-corrected chi connectivity index (χ0v) is 21.2. The van der Waals surface area contributed by atoms with Crippen molar-refractivity contribution in [2.24, 2.45) is 28.3 Å². The van der Waals surface area contributed by atoms with Gasteiger partial charge in [0.2, 0.25) is 5.91 Å². The Kier molecular flexibility index (Phi) is 6.68. The van der Waals surface area contributed by atoms with E-state index in [1.54, 1.807) is 19.9 Å². The van der Waals surface area contributed by atoms with E-state index in [-0.39, 0.29) is 34.8 Å². The first-order chi connectivity index (χ1) is 17.5. The Morgan fingerprint density at radius 2 is 2.14 bits per heavy atom. The third-order valence-corrected chi connectivity index (χ3v) is 8.12. The summed E-state index contributed by atoms with van der Waals surface area (Å²) in [7, 11) is 0. The van der Waals surface area contributed by atoms with Crippen LogP contribution < -0.4 is 21.5 Å². The van der Waals surface area contributed by atoms with E-state index in [4.69, 9.17) is 22.6 Å². The van der Waals surface area contributed by atoms with Gasteiger partial charge in [-0.2, -0.15) is 0 Å². The maximum absolute atomic E-state index is 15.3. The number of fused-ring (bicyclic) bond motifs is 2. The van der Waals surface area contributed by atoms with Gasteiger partial charge in [-0.05, 0) is 25.8 Å². The molecule has 0 radical (unpaired) electrons. The largest absolute Gasteiger partial charge is 0.479 e. The first-order valence-corrected chi connectivity index (χ1v) is 12.0. The van der Waals surface area contributed by atoms with E-state index in [1.807, 2.05) is 0 Å². The molecule has 1 saturated carbocycles. The molecule has 0 spiro atoms. The number of aliphatic imine (C=N–C) groups is 1. The van der Waals surface area contributed by atoms with Crippen LogP contribution in [0, 0.1) is 24.2 Å². The molecule has 4 rings (SSSR count). The summed E-state index contributed by atoms with van der Waals surface area (Å²) < 4.78 is 34.7. The number of thioether (sulfide) groups is 1. The molecule has 3 heterocycles. The number of carbonyl (C=O) groups is 1. The lowest BCUT2D eigenvalue weighted by Gasteiger charge is -2.33. The van der Waals surface area contributed by atoms with Crippen molar-refractivity contribution in [3.8, 4) is 18.1 Å². The molecule has 12 heteroatoms. The number of amides is 1. The molecule has 0 unspecified atom stereocenters. The van der Waals surface area contributed by atoms with E-state index >= 15 is 8.78 Å². The van der Waals surface area contributed by atoms with Crippen LogP contribution >= 0.6 is 11.8 Å². The van der Waals surface area contributed by atoms with E-state index < -0.39 is 33.8 Å². The lowest BCUT2D eigenvalue weighted by molar-refractivity contribution is -0.118. The predicted octanol–water partition coefficient (Wildman–Crippen LogP) is 3.37. The predicted molar refractivity (Wildman–Crippen MR) is 140 cm³/mol. The number of aromatic nitrogens is 3. The van der Waals surface area contributed by atoms with Gasteiger partial charge in [-0.15, -0.1) is 6.42 Å². The SMILES string of the molecule is C#CCOc1cnc2c(N/C(C)=C/C(F)=C(/F)C(=C)[C@@]3(C)N=C(N)S[C@]4(C(N)=O)[C@H]3[C@@H]4C)ncnc2c1. The van der Waals surface area contributed by atoms with Gasteiger partial charge in [0, 0.05) is 23.3 Å². The van der Waals surface area contributed by atoms with Crippen LogP contribution in [-0.4, -0.2) is 42.9 Å². The number of nitrogens with two attached hydrogens (primary N) is 2. The summed E-state index contributed by atoms with van der Waals surface area (Å²) in [6.07, 6.45) is 8.92. The van der Waals surface area contributed by atoms with Gasteiger partial charge in [-0.1, -0.05) is 31.2 Å². The maximum Gasteiger partial charge on any atom is 0.234 e. The summed E-state index contributed by atoms with van der Waals surface area (Å²) in [6.45, 7) is 8.76. The maximum atomic E-state index is 15.3. The number of nitrogens with one attached hydrogen (secondary N) is 1. The smallest absolute Gasteiger partial charge is 0.234 e. The number of amidine groups is 1. The Hall–Kier alpha value is -3.98. The number of terminal acetylenes is 1. The monoisotopic (exact) mass is 525 g/mol. The van der Waals surface area contributed by atoms with Crippen molar-refractivity contribution in [3.05, 3.63) is 54.2 Å². The van der Waals surface area contributed by atoms with Gasteiger partial charge in [0.1, 0.15) is 28.9 Å². The van der Waals surface area contributed by atoms with Crippen molar-refractivity contribution in [1.82, 2.24) is 15.0 Å². The molecule has 37 heavy (non-hydrogen) atoms. The van der Waals surface area contributed by atoms with Crippen LogP contribution in [0.25, 0.3) is 11.0 Å². The number of hydrogen-bond acceptors (Lipinski definition) is 9. The van der Waals surface area contributed by atoms with Gasteiger partial charge in [0.05, 0.1) is 17.3 Å². The molecule has 0 aromatic carbocycles.